The molecule has 0 bridgehead atoms. The normalized spacial score (nSPS) is 16.6. The number of carbonyl (C=O) groups is 1. The highest BCUT2D eigenvalue weighted by Gasteiger charge is 2.31. The Morgan fingerprint density at radius 3 is 2.72 bits per heavy atom. The summed E-state index contributed by atoms with van der Waals surface area (Å²) >= 11 is 0. The molecule has 7 nitrogen and oxygen atoms in total. The number of fused-ring (bicyclic) bond motifs is 2. The Hall–Kier alpha value is -3.45. The van der Waals surface area contributed by atoms with Gasteiger partial charge in [-0.15, -0.1) is 0 Å². The maximum atomic E-state index is 11.7. The van der Waals surface area contributed by atoms with Crippen LogP contribution in [0.15, 0.2) is 42.5 Å². The van der Waals surface area contributed by atoms with Crippen LogP contribution >= 0.6 is 0 Å². The molecule has 3 aromatic rings. The maximum absolute atomic E-state index is 11.7. The molecule has 2 aromatic carbocycles. The van der Waals surface area contributed by atoms with E-state index in [4.69, 9.17) is 20.4 Å². The quantitative estimate of drug-likeness (QED) is 0.583. The summed E-state index contributed by atoms with van der Waals surface area (Å²) in [4.78, 5) is 26.3. The second-order valence-electron chi connectivity index (χ2n) is 11.0. The molecule has 0 unspecified atom stereocenters. The number of aryl methyl sites for hydroxylation is 1. The molecule has 1 aliphatic carbocycles. The maximum Gasteiger partial charge on any atom is 0.248 e. The molecule has 7 heteroatoms. The molecule has 188 valence electrons. The predicted octanol–water partition coefficient (Wildman–Crippen LogP) is 4.22. The van der Waals surface area contributed by atoms with Gasteiger partial charge in [0.1, 0.15) is 24.0 Å². The lowest BCUT2D eigenvalue weighted by Gasteiger charge is -2.34. The Morgan fingerprint density at radius 2 is 1.94 bits per heavy atom. The number of benzene rings is 2. The van der Waals surface area contributed by atoms with E-state index in [0.29, 0.717) is 25.3 Å². The Bertz CT molecular complexity index is 1300. The van der Waals surface area contributed by atoms with Crippen molar-refractivity contribution in [2.24, 2.45) is 11.1 Å². The van der Waals surface area contributed by atoms with Gasteiger partial charge in [0.2, 0.25) is 5.91 Å². The SMILES string of the molecule is CN(C)Cc1nc2c(c(N3CCOc4ccc(-c5cccc(C(N)=O)c5)cc4C3)n1)CC(C)(C)CC2. The summed E-state index contributed by atoms with van der Waals surface area (Å²) in [5.41, 5.74) is 11.8. The number of hydrogen-bond acceptors (Lipinski definition) is 6. The van der Waals surface area contributed by atoms with E-state index in [-0.39, 0.29) is 5.41 Å². The fourth-order valence-electron chi connectivity index (χ4n) is 5.20. The van der Waals surface area contributed by atoms with E-state index < -0.39 is 5.91 Å². The lowest BCUT2D eigenvalue weighted by atomic mass is 9.76. The first-order valence-corrected chi connectivity index (χ1v) is 12.6. The summed E-state index contributed by atoms with van der Waals surface area (Å²) < 4.78 is 6.17. The third-order valence-corrected chi connectivity index (χ3v) is 7.09. The van der Waals surface area contributed by atoms with Gasteiger partial charge in [-0.05, 0) is 74.2 Å². The van der Waals surface area contributed by atoms with Crippen LogP contribution in [0.4, 0.5) is 5.82 Å². The Kier molecular flexibility index (Phi) is 6.43. The van der Waals surface area contributed by atoms with Crippen LogP contribution in [0.2, 0.25) is 0 Å². The second kappa shape index (κ2) is 9.54. The fraction of sp³-hybridized carbons (Fsp3) is 0.414. The van der Waals surface area contributed by atoms with Crippen LogP contribution in [0.25, 0.3) is 11.1 Å². The van der Waals surface area contributed by atoms with Crippen molar-refractivity contribution in [2.45, 2.75) is 46.2 Å². The smallest absolute Gasteiger partial charge is 0.248 e. The van der Waals surface area contributed by atoms with Crippen molar-refractivity contribution < 1.29 is 9.53 Å². The van der Waals surface area contributed by atoms with Gasteiger partial charge in [0, 0.05) is 28.9 Å². The molecule has 2 heterocycles. The topological polar surface area (TPSA) is 84.6 Å². The summed E-state index contributed by atoms with van der Waals surface area (Å²) in [5.74, 6) is 2.38. The molecule has 0 spiro atoms. The molecule has 0 saturated carbocycles. The van der Waals surface area contributed by atoms with Crippen LogP contribution in [0, 0.1) is 5.41 Å². The highest BCUT2D eigenvalue weighted by atomic mass is 16.5. The fourth-order valence-corrected chi connectivity index (χ4v) is 5.20. The van der Waals surface area contributed by atoms with Crippen molar-refractivity contribution in [3.05, 3.63) is 70.7 Å². The zero-order chi connectivity index (χ0) is 25.4. The van der Waals surface area contributed by atoms with E-state index in [2.05, 4.69) is 43.8 Å². The number of hydrogen-bond donors (Lipinski definition) is 1. The molecule has 0 radical (unpaired) electrons. The lowest BCUT2D eigenvalue weighted by Crippen LogP contribution is -2.32. The van der Waals surface area contributed by atoms with Crippen molar-refractivity contribution in [3.63, 3.8) is 0 Å². The number of aromatic nitrogens is 2. The number of amides is 1. The summed E-state index contributed by atoms with van der Waals surface area (Å²) in [5, 5.41) is 0. The van der Waals surface area contributed by atoms with Crippen LogP contribution in [-0.4, -0.2) is 48.0 Å². The molecule has 2 aliphatic rings. The summed E-state index contributed by atoms with van der Waals surface area (Å²) in [7, 11) is 4.10. The van der Waals surface area contributed by atoms with E-state index in [1.54, 1.807) is 6.07 Å². The standard InChI is InChI=1S/C29H35N5O2/c1-29(2)11-10-24-23(16-29)28(32-26(31-24)18-33(3)4)34-12-13-36-25-9-8-20(15-22(25)17-34)19-6-5-7-21(14-19)27(30)35/h5-9,14-15H,10-13,16-18H2,1-4H3,(H2,30,35). The van der Waals surface area contributed by atoms with Gasteiger partial charge in [-0.2, -0.15) is 0 Å². The lowest BCUT2D eigenvalue weighted by molar-refractivity contribution is 0.100. The Labute approximate surface area is 213 Å². The van der Waals surface area contributed by atoms with Gasteiger partial charge in [0.25, 0.3) is 0 Å². The number of carbonyl (C=O) groups excluding carboxylic acids is 1. The van der Waals surface area contributed by atoms with E-state index in [9.17, 15) is 4.79 Å². The number of nitrogens with zero attached hydrogens (tertiary/aromatic N) is 4. The van der Waals surface area contributed by atoms with Gasteiger partial charge < -0.3 is 20.3 Å². The van der Waals surface area contributed by atoms with Crippen molar-refractivity contribution in [1.29, 1.82) is 0 Å². The van der Waals surface area contributed by atoms with E-state index in [1.165, 1.54) is 11.3 Å². The third kappa shape index (κ3) is 5.07. The molecule has 0 saturated heterocycles. The first-order valence-electron chi connectivity index (χ1n) is 12.6. The summed E-state index contributed by atoms with van der Waals surface area (Å²) in [6.45, 7) is 7.43. The monoisotopic (exact) mass is 485 g/mol. The van der Waals surface area contributed by atoms with Gasteiger partial charge in [0.05, 0.1) is 13.1 Å². The molecule has 1 aromatic heterocycles. The van der Waals surface area contributed by atoms with E-state index in [0.717, 1.165) is 59.9 Å². The molecule has 1 amide bonds. The first kappa shape index (κ1) is 24.3. The largest absolute Gasteiger partial charge is 0.491 e. The average molecular weight is 486 g/mol. The molecule has 1 aliphatic heterocycles. The van der Waals surface area contributed by atoms with Crippen molar-refractivity contribution in [2.75, 3.05) is 32.1 Å². The summed E-state index contributed by atoms with van der Waals surface area (Å²) in [6.07, 6.45) is 3.10. The van der Waals surface area contributed by atoms with Gasteiger partial charge in [-0.3, -0.25) is 4.79 Å². The minimum Gasteiger partial charge on any atom is -0.491 e. The molecule has 0 atom stereocenters. The van der Waals surface area contributed by atoms with Crippen LogP contribution in [0.3, 0.4) is 0 Å². The number of rotatable bonds is 5. The van der Waals surface area contributed by atoms with Crippen LogP contribution in [-0.2, 0) is 25.9 Å². The molecule has 36 heavy (non-hydrogen) atoms. The minimum absolute atomic E-state index is 0.229. The van der Waals surface area contributed by atoms with Gasteiger partial charge in [0.15, 0.2) is 0 Å². The molecule has 0 fully saturated rings. The highest BCUT2D eigenvalue weighted by Crippen LogP contribution is 2.39. The first-order chi connectivity index (χ1) is 17.2. The van der Waals surface area contributed by atoms with Crippen molar-refractivity contribution >= 4 is 11.7 Å². The van der Waals surface area contributed by atoms with Crippen molar-refractivity contribution in [1.82, 2.24) is 14.9 Å². The van der Waals surface area contributed by atoms with Gasteiger partial charge >= 0.3 is 0 Å². The molecule has 5 rings (SSSR count). The average Bonchev–Trinajstić information content (AvgIpc) is 3.05. The van der Waals surface area contributed by atoms with Crippen LogP contribution < -0.4 is 15.4 Å². The molecular formula is C29H35N5O2. The van der Waals surface area contributed by atoms with Gasteiger partial charge in [-0.25, -0.2) is 9.97 Å². The number of nitrogens with two attached hydrogens (primary N) is 1. The van der Waals surface area contributed by atoms with Crippen LogP contribution in [0.5, 0.6) is 5.75 Å². The number of primary amides is 1. The second-order valence-corrected chi connectivity index (χ2v) is 11.0. The third-order valence-electron chi connectivity index (χ3n) is 7.09. The summed E-state index contributed by atoms with van der Waals surface area (Å²) in [6, 6.07) is 13.7. The molecular weight excluding hydrogens is 450 g/mol. The molecule has 2 N–H and O–H groups in total. The van der Waals surface area contributed by atoms with E-state index in [1.807, 2.05) is 30.3 Å². The number of ether oxygens (including phenoxy) is 1. The zero-order valence-electron chi connectivity index (χ0n) is 21.7. The minimum atomic E-state index is -0.425. The Balaban J connectivity index is 1.53. The van der Waals surface area contributed by atoms with Crippen molar-refractivity contribution in [3.8, 4) is 16.9 Å². The Morgan fingerprint density at radius 1 is 1.14 bits per heavy atom. The predicted molar refractivity (Wildman–Crippen MR) is 142 cm³/mol. The van der Waals surface area contributed by atoms with E-state index >= 15 is 0 Å². The van der Waals surface area contributed by atoms with Crippen LogP contribution in [0.1, 0.15) is 53.3 Å². The number of anilines is 1. The van der Waals surface area contributed by atoms with Gasteiger partial charge in [-0.1, -0.05) is 32.0 Å². The zero-order valence-corrected chi connectivity index (χ0v) is 21.7. The highest BCUT2D eigenvalue weighted by molar-refractivity contribution is 5.94.